The van der Waals surface area contributed by atoms with E-state index in [0.29, 0.717) is 0 Å². The van der Waals surface area contributed by atoms with Crippen LogP contribution in [0, 0.1) is 0 Å². The Labute approximate surface area is 89.6 Å². The summed E-state index contributed by atoms with van der Waals surface area (Å²) in [5.74, 6) is 0. The van der Waals surface area contributed by atoms with Gasteiger partial charge in [-0.3, -0.25) is 0 Å². The molecule has 1 atom stereocenters. The van der Waals surface area contributed by atoms with Crippen molar-refractivity contribution in [3.8, 4) is 0 Å². The summed E-state index contributed by atoms with van der Waals surface area (Å²) in [4.78, 5) is 0. The molecule has 2 rings (SSSR count). The van der Waals surface area contributed by atoms with Gasteiger partial charge in [0.1, 0.15) is 0 Å². The minimum Gasteiger partial charge on any atom is -0.321 e. The molecule has 0 spiro atoms. The Bertz CT molecular complexity index is 340. The third kappa shape index (κ3) is 1.99. The maximum Gasteiger partial charge on any atom is 0.0510 e. The van der Waals surface area contributed by atoms with Gasteiger partial charge in [0.2, 0.25) is 0 Å². The van der Waals surface area contributed by atoms with E-state index in [0.717, 1.165) is 17.0 Å². The first kappa shape index (κ1) is 9.75. The maximum atomic E-state index is 6.14. The highest BCUT2D eigenvalue weighted by molar-refractivity contribution is 6.30. The van der Waals surface area contributed by atoms with Crippen molar-refractivity contribution in [1.82, 2.24) is 0 Å². The molecule has 1 nitrogen and oxygen atoms in total. The van der Waals surface area contributed by atoms with Crippen LogP contribution < -0.4 is 5.73 Å². The Morgan fingerprint density at radius 1 is 1.21 bits per heavy atom. The van der Waals surface area contributed by atoms with Crippen LogP contribution in [-0.2, 0) is 0 Å². The molecule has 74 valence electrons. The molecule has 0 radical (unpaired) electrons. The molecule has 14 heavy (non-hydrogen) atoms. The van der Waals surface area contributed by atoms with E-state index in [4.69, 9.17) is 17.3 Å². The molecule has 0 heterocycles. The summed E-state index contributed by atoms with van der Waals surface area (Å²) in [6.07, 6.45) is 5.83. The molecule has 2 N–H and O–H groups in total. The molecule has 1 aliphatic rings. The van der Waals surface area contributed by atoms with E-state index in [9.17, 15) is 0 Å². The van der Waals surface area contributed by atoms with E-state index in [1.54, 1.807) is 0 Å². The predicted octanol–water partition coefficient (Wildman–Crippen LogP) is 3.45. The summed E-state index contributed by atoms with van der Waals surface area (Å²) in [5, 5.41) is 0.765. The second-order valence-corrected chi connectivity index (χ2v) is 4.14. The van der Waals surface area contributed by atoms with Gasteiger partial charge in [0, 0.05) is 5.02 Å². The lowest BCUT2D eigenvalue weighted by atomic mass is 9.99. The van der Waals surface area contributed by atoms with E-state index in [1.807, 2.05) is 24.3 Å². The standard InChI is InChI=1S/C12H14ClN/c13-11-7-5-10(6-8-11)12(14)9-3-1-2-4-9/h3,5-8,12H,1-2,4,14H2. The molecule has 0 aliphatic heterocycles. The SMILES string of the molecule is NC(C1=CCCC1)c1ccc(Cl)cc1. The van der Waals surface area contributed by atoms with Gasteiger partial charge in [-0.25, -0.2) is 0 Å². The van der Waals surface area contributed by atoms with Crippen molar-refractivity contribution in [3.05, 3.63) is 46.5 Å². The molecule has 1 aromatic rings. The fraction of sp³-hybridized carbons (Fsp3) is 0.333. The highest BCUT2D eigenvalue weighted by atomic mass is 35.5. The number of nitrogens with two attached hydrogens (primary N) is 1. The highest BCUT2D eigenvalue weighted by Crippen LogP contribution is 2.29. The molecule has 0 bridgehead atoms. The van der Waals surface area contributed by atoms with Crippen molar-refractivity contribution in [3.63, 3.8) is 0 Å². The molecular formula is C12H14ClN. The summed E-state index contributed by atoms with van der Waals surface area (Å²) in [5.41, 5.74) is 8.66. The number of hydrogen-bond acceptors (Lipinski definition) is 1. The molecular weight excluding hydrogens is 194 g/mol. The van der Waals surface area contributed by atoms with Crippen LogP contribution in [0.3, 0.4) is 0 Å². The van der Waals surface area contributed by atoms with Crippen molar-refractivity contribution in [2.75, 3.05) is 0 Å². The van der Waals surface area contributed by atoms with E-state index in [1.165, 1.54) is 18.4 Å². The summed E-state index contributed by atoms with van der Waals surface area (Å²) in [6, 6.07) is 7.87. The third-order valence-corrected chi connectivity index (χ3v) is 2.96. The Kier molecular flexibility index (Phi) is 2.90. The molecule has 0 saturated heterocycles. The summed E-state index contributed by atoms with van der Waals surface area (Å²) in [6.45, 7) is 0. The fourth-order valence-corrected chi connectivity index (χ4v) is 1.99. The zero-order valence-corrected chi connectivity index (χ0v) is 8.80. The molecule has 1 aromatic carbocycles. The van der Waals surface area contributed by atoms with Crippen LogP contribution >= 0.6 is 11.6 Å². The van der Waals surface area contributed by atoms with E-state index in [-0.39, 0.29) is 6.04 Å². The smallest absolute Gasteiger partial charge is 0.0510 e. The van der Waals surface area contributed by atoms with Crippen LogP contribution in [0.5, 0.6) is 0 Å². The van der Waals surface area contributed by atoms with Crippen LogP contribution in [0.4, 0.5) is 0 Å². The molecule has 0 amide bonds. The molecule has 1 aliphatic carbocycles. The van der Waals surface area contributed by atoms with Crippen LogP contribution in [0.25, 0.3) is 0 Å². The van der Waals surface area contributed by atoms with Crippen molar-refractivity contribution >= 4 is 11.6 Å². The maximum absolute atomic E-state index is 6.14. The highest BCUT2D eigenvalue weighted by Gasteiger charge is 2.14. The monoisotopic (exact) mass is 207 g/mol. The van der Waals surface area contributed by atoms with Gasteiger partial charge in [0.05, 0.1) is 6.04 Å². The second kappa shape index (κ2) is 4.16. The Balaban J connectivity index is 2.18. The Morgan fingerprint density at radius 3 is 2.50 bits per heavy atom. The second-order valence-electron chi connectivity index (χ2n) is 3.70. The third-order valence-electron chi connectivity index (χ3n) is 2.70. The average Bonchev–Trinajstić information content (AvgIpc) is 2.71. The van der Waals surface area contributed by atoms with Gasteiger partial charge < -0.3 is 5.73 Å². The van der Waals surface area contributed by atoms with Crippen LogP contribution in [0.1, 0.15) is 30.9 Å². The Hall–Kier alpha value is -0.790. The summed E-state index contributed by atoms with van der Waals surface area (Å²) in [7, 11) is 0. The minimum absolute atomic E-state index is 0.0646. The molecule has 0 saturated carbocycles. The largest absolute Gasteiger partial charge is 0.321 e. The van der Waals surface area contributed by atoms with Crippen LogP contribution in [0.15, 0.2) is 35.9 Å². The quantitative estimate of drug-likeness (QED) is 0.739. The average molecular weight is 208 g/mol. The Morgan fingerprint density at radius 2 is 1.93 bits per heavy atom. The molecule has 1 unspecified atom stereocenters. The number of hydrogen-bond donors (Lipinski definition) is 1. The van der Waals surface area contributed by atoms with Gasteiger partial charge in [-0.1, -0.05) is 35.4 Å². The van der Waals surface area contributed by atoms with Gasteiger partial charge in [-0.05, 0) is 37.0 Å². The van der Waals surface area contributed by atoms with Crippen molar-refractivity contribution in [1.29, 1.82) is 0 Å². The first-order valence-corrected chi connectivity index (χ1v) is 5.35. The molecule has 0 fully saturated rings. The van der Waals surface area contributed by atoms with Crippen LogP contribution in [0.2, 0.25) is 5.02 Å². The van der Waals surface area contributed by atoms with Crippen molar-refractivity contribution < 1.29 is 0 Å². The van der Waals surface area contributed by atoms with Gasteiger partial charge in [0.25, 0.3) is 0 Å². The zero-order chi connectivity index (χ0) is 9.97. The predicted molar refractivity (Wildman–Crippen MR) is 60.3 cm³/mol. The summed E-state index contributed by atoms with van der Waals surface area (Å²) >= 11 is 5.82. The molecule has 0 aromatic heterocycles. The normalized spacial score (nSPS) is 18.0. The topological polar surface area (TPSA) is 26.0 Å². The number of rotatable bonds is 2. The first-order chi connectivity index (χ1) is 6.77. The van der Waals surface area contributed by atoms with Crippen molar-refractivity contribution in [2.24, 2.45) is 5.73 Å². The number of benzene rings is 1. The van der Waals surface area contributed by atoms with Gasteiger partial charge >= 0.3 is 0 Å². The lowest BCUT2D eigenvalue weighted by Crippen LogP contribution is -2.11. The number of halogens is 1. The van der Waals surface area contributed by atoms with Crippen LogP contribution in [-0.4, -0.2) is 0 Å². The zero-order valence-electron chi connectivity index (χ0n) is 8.04. The van der Waals surface area contributed by atoms with E-state index in [2.05, 4.69) is 6.08 Å². The van der Waals surface area contributed by atoms with Crippen molar-refractivity contribution in [2.45, 2.75) is 25.3 Å². The van der Waals surface area contributed by atoms with Gasteiger partial charge in [0.15, 0.2) is 0 Å². The lowest BCUT2D eigenvalue weighted by Gasteiger charge is -2.13. The van der Waals surface area contributed by atoms with E-state index < -0.39 is 0 Å². The summed E-state index contributed by atoms with van der Waals surface area (Å²) < 4.78 is 0. The number of allylic oxidation sites excluding steroid dienone is 1. The first-order valence-electron chi connectivity index (χ1n) is 4.97. The van der Waals surface area contributed by atoms with Gasteiger partial charge in [-0.15, -0.1) is 0 Å². The van der Waals surface area contributed by atoms with Gasteiger partial charge in [-0.2, -0.15) is 0 Å². The van der Waals surface area contributed by atoms with E-state index >= 15 is 0 Å². The lowest BCUT2D eigenvalue weighted by molar-refractivity contribution is 0.785. The minimum atomic E-state index is 0.0646. The molecule has 2 heteroatoms. The fourth-order valence-electron chi connectivity index (χ4n) is 1.86.